The lowest BCUT2D eigenvalue weighted by molar-refractivity contribution is -0.138. The molecule has 34 heavy (non-hydrogen) atoms. The average molecular weight is 498 g/mol. The molecule has 3 rings (SSSR count). The number of nitrogens with zero attached hydrogens (tertiary/aromatic N) is 4. The van der Waals surface area contributed by atoms with Gasteiger partial charge in [0.05, 0.1) is 17.8 Å². The molecule has 1 aromatic carbocycles. The maximum Gasteiger partial charge on any atom is 0.417 e. The fraction of sp³-hybridized carbons (Fsp3) is 0.478. The number of hydrogen-bond donors (Lipinski definition) is 1. The molecule has 1 fully saturated rings. The van der Waals surface area contributed by atoms with Crippen LogP contribution in [0.4, 0.5) is 19.0 Å². The number of hydrogen-bond acceptors (Lipinski definition) is 5. The van der Waals surface area contributed by atoms with Gasteiger partial charge in [-0.1, -0.05) is 32.4 Å². The van der Waals surface area contributed by atoms with Crippen LogP contribution in [0.2, 0.25) is 5.02 Å². The van der Waals surface area contributed by atoms with Crippen molar-refractivity contribution in [3.8, 4) is 0 Å². The van der Waals surface area contributed by atoms with Gasteiger partial charge in [-0.3, -0.25) is 9.59 Å². The predicted octanol–water partition coefficient (Wildman–Crippen LogP) is 4.48. The number of aromatic nitrogens is 2. The van der Waals surface area contributed by atoms with Crippen LogP contribution in [0.25, 0.3) is 0 Å². The Balaban J connectivity index is 1.70. The van der Waals surface area contributed by atoms with E-state index in [1.54, 1.807) is 17.0 Å². The number of carbonyl (C=O) groups is 2. The molecular weight excluding hydrogens is 471 g/mol. The van der Waals surface area contributed by atoms with Crippen molar-refractivity contribution in [1.29, 1.82) is 0 Å². The summed E-state index contributed by atoms with van der Waals surface area (Å²) in [7, 11) is 0. The van der Waals surface area contributed by atoms with Gasteiger partial charge in [-0.05, 0) is 48.6 Å². The summed E-state index contributed by atoms with van der Waals surface area (Å²) in [5.74, 6) is 0.100. The van der Waals surface area contributed by atoms with Crippen LogP contribution in [0.5, 0.6) is 0 Å². The molecule has 7 nitrogen and oxygen atoms in total. The Morgan fingerprint density at radius 1 is 1.12 bits per heavy atom. The number of nitrogens with one attached hydrogen (secondary N) is 1. The number of benzene rings is 1. The lowest BCUT2D eigenvalue weighted by Crippen LogP contribution is -2.48. The van der Waals surface area contributed by atoms with Gasteiger partial charge >= 0.3 is 6.18 Å². The molecule has 1 aliphatic rings. The molecule has 184 valence electrons. The number of anilines is 1. The quantitative estimate of drug-likeness (QED) is 0.636. The highest BCUT2D eigenvalue weighted by atomic mass is 35.5. The van der Waals surface area contributed by atoms with Gasteiger partial charge in [0.15, 0.2) is 11.5 Å². The summed E-state index contributed by atoms with van der Waals surface area (Å²) in [6.07, 6.45) is -4.17. The fourth-order valence-corrected chi connectivity index (χ4v) is 3.63. The number of halogens is 4. The van der Waals surface area contributed by atoms with Crippen molar-refractivity contribution in [3.05, 3.63) is 52.2 Å². The second kappa shape index (κ2) is 10.6. The lowest BCUT2D eigenvalue weighted by atomic mass is 9.98. The van der Waals surface area contributed by atoms with Crippen LogP contribution >= 0.6 is 11.6 Å². The third-order valence-electron chi connectivity index (χ3n) is 5.93. The van der Waals surface area contributed by atoms with E-state index in [9.17, 15) is 22.8 Å². The summed E-state index contributed by atoms with van der Waals surface area (Å²) >= 11 is 5.72. The molecule has 0 aliphatic carbocycles. The predicted molar refractivity (Wildman–Crippen MR) is 123 cm³/mol. The first kappa shape index (κ1) is 25.7. The van der Waals surface area contributed by atoms with Gasteiger partial charge in [0, 0.05) is 24.7 Å². The van der Waals surface area contributed by atoms with Crippen molar-refractivity contribution in [2.24, 2.45) is 11.8 Å². The zero-order valence-corrected chi connectivity index (χ0v) is 20.0. The van der Waals surface area contributed by atoms with E-state index >= 15 is 0 Å². The van der Waals surface area contributed by atoms with E-state index < -0.39 is 23.2 Å². The highest BCUT2D eigenvalue weighted by molar-refractivity contribution is 6.30. The van der Waals surface area contributed by atoms with Crippen molar-refractivity contribution in [2.45, 2.75) is 33.4 Å². The Labute approximate surface area is 201 Å². The minimum Gasteiger partial charge on any atom is -0.350 e. The summed E-state index contributed by atoms with van der Waals surface area (Å²) in [5, 5.41) is 10.8. The molecule has 1 saturated heterocycles. The molecule has 1 atom stereocenters. The minimum atomic E-state index is -4.71. The van der Waals surface area contributed by atoms with Crippen molar-refractivity contribution in [3.63, 3.8) is 0 Å². The lowest BCUT2D eigenvalue weighted by Gasteiger charge is -2.36. The van der Waals surface area contributed by atoms with Gasteiger partial charge in [-0.25, -0.2) is 0 Å². The topological polar surface area (TPSA) is 78.4 Å². The molecule has 0 radical (unpaired) electrons. The number of amides is 2. The van der Waals surface area contributed by atoms with Crippen molar-refractivity contribution >= 4 is 29.2 Å². The van der Waals surface area contributed by atoms with Gasteiger partial charge in [0.2, 0.25) is 0 Å². The molecule has 0 saturated carbocycles. The fourth-order valence-electron chi connectivity index (χ4n) is 3.46. The molecule has 1 unspecified atom stereocenters. The van der Waals surface area contributed by atoms with E-state index in [1.807, 2.05) is 6.92 Å². The van der Waals surface area contributed by atoms with E-state index in [0.29, 0.717) is 43.7 Å². The number of carbonyl (C=O) groups excluding carboxylic acids is 2. The van der Waals surface area contributed by atoms with Crippen LogP contribution in [0.15, 0.2) is 30.3 Å². The summed E-state index contributed by atoms with van der Waals surface area (Å²) in [5.41, 5.74) is -1.35. The average Bonchev–Trinajstić information content (AvgIpc) is 2.81. The van der Waals surface area contributed by atoms with Crippen LogP contribution in [-0.4, -0.2) is 53.2 Å². The zero-order chi connectivity index (χ0) is 25.0. The standard InChI is InChI=1S/C23H27ClF3N5O2/c1-14(2)15(3)12-28-21(33)19-7-8-20(30-29-19)31-9-4-10-32(13-31)22(34)17-6-5-16(24)11-18(17)23(25,26)27/h5-8,11,14-15H,4,9-10,12-13H2,1-3H3,(H,28,33). The van der Waals surface area contributed by atoms with E-state index in [2.05, 4.69) is 29.4 Å². The molecule has 2 heterocycles. The van der Waals surface area contributed by atoms with E-state index in [4.69, 9.17) is 11.6 Å². The van der Waals surface area contributed by atoms with Crippen LogP contribution in [-0.2, 0) is 6.18 Å². The Bertz CT molecular complexity index is 1030. The molecule has 2 aromatic rings. The van der Waals surface area contributed by atoms with Crippen molar-refractivity contribution in [1.82, 2.24) is 20.4 Å². The molecule has 1 N–H and O–H groups in total. The van der Waals surface area contributed by atoms with Crippen molar-refractivity contribution in [2.75, 3.05) is 31.2 Å². The first-order valence-corrected chi connectivity index (χ1v) is 11.4. The summed E-state index contributed by atoms with van der Waals surface area (Å²) in [6, 6.07) is 6.28. The van der Waals surface area contributed by atoms with E-state index in [-0.39, 0.29) is 23.3 Å². The third-order valence-corrected chi connectivity index (χ3v) is 6.17. The van der Waals surface area contributed by atoms with Gasteiger partial charge in [-0.2, -0.15) is 13.2 Å². The Morgan fingerprint density at radius 3 is 2.47 bits per heavy atom. The molecule has 1 aromatic heterocycles. The van der Waals surface area contributed by atoms with Crippen LogP contribution in [0.1, 0.15) is 53.6 Å². The normalized spacial score (nSPS) is 15.4. The zero-order valence-electron chi connectivity index (χ0n) is 19.2. The van der Waals surface area contributed by atoms with E-state index in [1.165, 1.54) is 11.0 Å². The monoisotopic (exact) mass is 497 g/mol. The van der Waals surface area contributed by atoms with Crippen molar-refractivity contribution < 1.29 is 22.8 Å². The Hall–Kier alpha value is -2.88. The van der Waals surface area contributed by atoms with Gasteiger partial charge in [0.1, 0.15) is 0 Å². The van der Waals surface area contributed by atoms with Gasteiger partial charge in [0.25, 0.3) is 11.8 Å². The Kier molecular flexibility index (Phi) is 8.01. The van der Waals surface area contributed by atoms with Gasteiger partial charge in [-0.15, -0.1) is 10.2 Å². The molecule has 2 amide bonds. The Morgan fingerprint density at radius 2 is 1.85 bits per heavy atom. The first-order chi connectivity index (χ1) is 16.0. The SMILES string of the molecule is CC(C)C(C)CNC(=O)c1ccc(N2CCCN(C(=O)c3ccc(Cl)cc3C(F)(F)F)C2)nn1. The molecule has 0 bridgehead atoms. The van der Waals surface area contributed by atoms with Crippen LogP contribution < -0.4 is 10.2 Å². The highest BCUT2D eigenvalue weighted by Gasteiger charge is 2.37. The van der Waals surface area contributed by atoms with E-state index in [0.717, 1.165) is 12.1 Å². The van der Waals surface area contributed by atoms with Crippen LogP contribution in [0.3, 0.4) is 0 Å². The molecule has 11 heteroatoms. The minimum absolute atomic E-state index is 0.0465. The molecular formula is C23H27ClF3N5O2. The third kappa shape index (κ3) is 6.16. The summed E-state index contributed by atoms with van der Waals surface area (Å²) in [4.78, 5) is 28.3. The smallest absolute Gasteiger partial charge is 0.350 e. The first-order valence-electron chi connectivity index (χ1n) is 11.0. The second-order valence-electron chi connectivity index (χ2n) is 8.72. The largest absolute Gasteiger partial charge is 0.417 e. The maximum absolute atomic E-state index is 13.4. The summed E-state index contributed by atoms with van der Waals surface area (Å²) < 4.78 is 40.3. The number of rotatable bonds is 6. The molecule has 0 spiro atoms. The summed E-state index contributed by atoms with van der Waals surface area (Å²) in [6.45, 7) is 7.62. The highest BCUT2D eigenvalue weighted by Crippen LogP contribution is 2.34. The molecule has 1 aliphatic heterocycles. The van der Waals surface area contributed by atoms with Crippen LogP contribution in [0, 0.1) is 11.8 Å². The van der Waals surface area contributed by atoms with Gasteiger partial charge < -0.3 is 15.1 Å². The maximum atomic E-state index is 13.4. The number of alkyl halides is 3. The second-order valence-corrected chi connectivity index (χ2v) is 9.16.